The summed E-state index contributed by atoms with van der Waals surface area (Å²) >= 11 is 5.67. The number of nitrogens with zero attached hydrogens (tertiary/aromatic N) is 1. The number of nitrogens with one attached hydrogen (secondary N) is 1. The minimum Gasteiger partial charge on any atom is -0.482 e. The molecule has 2 rings (SSSR count). The first-order valence-electron chi connectivity index (χ1n) is 6.42. The molecule has 1 N–H and O–H groups in total. The van der Waals surface area contributed by atoms with E-state index in [0.717, 1.165) is 18.7 Å². The van der Waals surface area contributed by atoms with Crippen molar-refractivity contribution in [3.05, 3.63) is 46.6 Å². The maximum atomic E-state index is 13.6. The molecule has 0 aliphatic rings. The second-order valence-electron chi connectivity index (χ2n) is 4.30. The SMILES string of the molecule is CCCNCc1cc(COc2cccc(Cl)c2F)on1. The summed E-state index contributed by atoms with van der Waals surface area (Å²) in [5.74, 6) is 0.0655. The van der Waals surface area contributed by atoms with Gasteiger partial charge in [-0.3, -0.25) is 0 Å². The summed E-state index contributed by atoms with van der Waals surface area (Å²) in [6, 6.07) is 6.39. The van der Waals surface area contributed by atoms with Crippen LogP contribution in [0.3, 0.4) is 0 Å². The van der Waals surface area contributed by atoms with Crippen LogP contribution in [0.1, 0.15) is 24.8 Å². The molecule has 108 valence electrons. The standard InChI is InChI=1S/C14H16ClFN2O2/c1-2-6-17-8-10-7-11(20-18-10)9-19-13-5-3-4-12(15)14(13)16/h3-5,7,17H,2,6,8-9H2,1H3. The van der Waals surface area contributed by atoms with E-state index in [9.17, 15) is 4.39 Å². The summed E-state index contributed by atoms with van der Waals surface area (Å²) in [5.41, 5.74) is 0.795. The molecule has 0 spiro atoms. The molecule has 2 aromatic rings. The predicted molar refractivity (Wildman–Crippen MR) is 74.2 cm³/mol. The summed E-state index contributed by atoms with van der Waals surface area (Å²) < 4.78 is 24.0. The molecule has 0 fully saturated rings. The zero-order chi connectivity index (χ0) is 14.4. The van der Waals surface area contributed by atoms with E-state index in [1.54, 1.807) is 12.1 Å². The number of aromatic nitrogens is 1. The highest BCUT2D eigenvalue weighted by atomic mass is 35.5. The highest BCUT2D eigenvalue weighted by Gasteiger charge is 2.09. The van der Waals surface area contributed by atoms with Gasteiger partial charge in [-0.25, -0.2) is 4.39 Å². The van der Waals surface area contributed by atoms with E-state index in [0.29, 0.717) is 12.3 Å². The van der Waals surface area contributed by atoms with Crippen LogP contribution in [-0.4, -0.2) is 11.7 Å². The Labute approximate surface area is 121 Å². The highest BCUT2D eigenvalue weighted by Crippen LogP contribution is 2.24. The number of benzene rings is 1. The number of ether oxygens (including phenoxy) is 1. The van der Waals surface area contributed by atoms with E-state index in [1.165, 1.54) is 12.1 Å². The molecule has 4 nitrogen and oxygen atoms in total. The molecule has 0 saturated heterocycles. The van der Waals surface area contributed by atoms with Gasteiger partial charge in [0, 0.05) is 12.6 Å². The zero-order valence-corrected chi connectivity index (χ0v) is 11.9. The fourth-order valence-corrected chi connectivity index (χ4v) is 1.81. The van der Waals surface area contributed by atoms with Crippen molar-refractivity contribution in [2.24, 2.45) is 0 Å². The number of rotatable bonds is 7. The minimum absolute atomic E-state index is 0.0320. The van der Waals surface area contributed by atoms with Crippen LogP contribution in [0.4, 0.5) is 4.39 Å². The van der Waals surface area contributed by atoms with Crippen molar-refractivity contribution >= 4 is 11.6 Å². The average Bonchev–Trinajstić information content (AvgIpc) is 2.89. The molecule has 0 radical (unpaired) electrons. The van der Waals surface area contributed by atoms with Gasteiger partial charge in [0.25, 0.3) is 0 Å². The molecule has 1 heterocycles. The van der Waals surface area contributed by atoms with Crippen molar-refractivity contribution in [2.45, 2.75) is 26.5 Å². The molecule has 1 aromatic carbocycles. The van der Waals surface area contributed by atoms with Gasteiger partial charge < -0.3 is 14.6 Å². The molecule has 0 aliphatic heterocycles. The van der Waals surface area contributed by atoms with Gasteiger partial charge in [-0.15, -0.1) is 0 Å². The number of hydrogen-bond donors (Lipinski definition) is 1. The highest BCUT2D eigenvalue weighted by molar-refractivity contribution is 6.30. The fourth-order valence-electron chi connectivity index (χ4n) is 1.64. The van der Waals surface area contributed by atoms with Gasteiger partial charge in [-0.2, -0.15) is 0 Å². The first-order chi connectivity index (χ1) is 9.70. The van der Waals surface area contributed by atoms with Crippen LogP contribution in [0, 0.1) is 5.82 Å². The van der Waals surface area contributed by atoms with Crippen molar-refractivity contribution in [2.75, 3.05) is 6.54 Å². The van der Waals surface area contributed by atoms with Crippen LogP contribution < -0.4 is 10.1 Å². The first-order valence-corrected chi connectivity index (χ1v) is 6.80. The van der Waals surface area contributed by atoms with Crippen LogP contribution >= 0.6 is 11.6 Å². The van der Waals surface area contributed by atoms with Crippen molar-refractivity contribution < 1.29 is 13.7 Å². The minimum atomic E-state index is -0.571. The zero-order valence-electron chi connectivity index (χ0n) is 11.2. The lowest BCUT2D eigenvalue weighted by Gasteiger charge is -2.05. The molecule has 0 bridgehead atoms. The van der Waals surface area contributed by atoms with Crippen LogP contribution in [0.2, 0.25) is 5.02 Å². The molecule has 0 amide bonds. The van der Waals surface area contributed by atoms with E-state index in [1.807, 2.05) is 0 Å². The lowest BCUT2D eigenvalue weighted by atomic mass is 10.3. The lowest BCUT2D eigenvalue weighted by molar-refractivity contribution is 0.239. The number of halogens is 2. The van der Waals surface area contributed by atoms with Crippen molar-refractivity contribution in [1.29, 1.82) is 0 Å². The molecule has 0 unspecified atom stereocenters. The van der Waals surface area contributed by atoms with Gasteiger partial charge in [0.2, 0.25) is 0 Å². The van der Waals surface area contributed by atoms with E-state index < -0.39 is 5.82 Å². The first kappa shape index (κ1) is 14.8. The van der Waals surface area contributed by atoms with Crippen molar-refractivity contribution in [3.63, 3.8) is 0 Å². The Morgan fingerprint density at radius 1 is 1.45 bits per heavy atom. The molecule has 0 atom stereocenters. The van der Waals surface area contributed by atoms with Crippen LogP contribution in [0.25, 0.3) is 0 Å². The Balaban J connectivity index is 1.89. The summed E-state index contributed by atoms with van der Waals surface area (Å²) in [7, 11) is 0. The monoisotopic (exact) mass is 298 g/mol. The van der Waals surface area contributed by atoms with E-state index in [2.05, 4.69) is 17.4 Å². The van der Waals surface area contributed by atoms with Gasteiger partial charge in [-0.05, 0) is 25.1 Å². The van der Waals surface area contributed by atoms with Gasteiger partial charge in [0.05, 0.1) is 10.7 Å². The Morgan fingerprint density at radius 3 is 3.10 bits per heavy atom. The van der Waals surface area contributed by atoms with Crippen LogP contribution in [-0.2, 0) is 13.2 Å². The molecular formula is C14H16ClFN2O2. The second-order valence-corrected chi connectivity index (χ2v) is 4.71. The third kappa shape index (κ3) is 3.95. The lowest BCUT2D eigenvalue weighted by Crippen LogP contribution is -2.13. The molecule has 6 heteroatoms. The Bertz CT molecular complexity index is 560. The normalized spacial score (nSPS) is 10.8. The fraction of sp³-hybridized carbons (Fsp3) is 0.357. The van der Waals surface area contributed by atoms with Gasteiger partial charge in [-0.1, -0.05) is 29.7 Å². The van der Waals surface area contributed by atoms with Crippen molar-refractivity contribution in [3.8, 4) is 5.75 Å². The third-order valence-electron chi connectivity index (χ3n) is 2.63. The maximum Gasteiger partial charge on any atom is 0.183 e. The largest absolute Gasteiger partial charge is 0.482 e. The Morgan fingerprint density at radius 2 is 2.30 bits per heavy atom. The van der Waals surface area contributed by atoms with Gasteiger partial charge in [0.1, 0.15) is 6.61 Å². The quantitative estimate of drug-likeness (QED) is 0.794. The topological polar surface area (TPSA) is 47.3 Å². The second kappa shape index (κ2) is 7.26. The maximum absolute atomic E-state index is 13.6. The molecule has 20 heavy (non-hydrogen) atoms. The van der Waals surface area contributed by atoms with E-state index in [-0.39, 0.29) is 17.4 Å². The molecule has 1 aromatic heterocycles. The van der Waals surface area contributed by atoms with E-state index >= 15 is 0 Å². The van der Waals surface area contributed by atoms with Crippen molar-refractivity contribution in [1.82, 2.24) is 10.5 Å². The number of hydrogen-bond acceptors (Lipinski definition) is 4. The summed E-state index contributed by atoms with van der Waals surface area (Å²) in [5, 5.41) is 7.15. The summed E-state index contributed by atoms with van der Waals surface area (Å²) in [6.45, 7) is 3.77. The van der Waals surface area contributed by atoms with Gasteiger partial charge in [0.15, 0.2) is 17.3 Å². The average molecular weight is 299 g/mol. The molecule has 0 aliphatic carbocycles. The smallest absolute Gasteiger partial charge is 0.183 e. The third-order valence-corrected chi connectivity index (χ3v) is 2.92. The predicted octanol–water partition coefficient (Wildman–Crippen LogP) is 3.55. The molecule has 0 saturated carbocycles. The van der Waals surface area contributed by atoms with Crippen LogP contribution in [0.15, 0.2) is 28.8 Å². The Hall–Kier alpha value is -1.59. The van der Waals surface area contributed by atoms with Crippen LogP contribution in [0.5, 0.6) is 5.75 Å². The Kier molecular flexibility index (Phi) is 5.38. The molecular weight excluding hydrogens is 283 g/mol. The summed E-state index contributed by atoms with van der Waals surface area (Å²) in [6.07, 6.45) is 1.06. The summed E-state index contributed by atoms with van der Waals surface area (Å²) in [4.78, 5) is 0. The van der Waals surface area contributed by atoms with E-state index in [4.69, 9.17) is 20.9 Å². The van der Waals surface area contributed by atoms with Gasteiger partial charge >= 0.3 is 0 Å².